The quantitative estimate of drug-likeness (QED) is 0.598. The zero-order valence-corrected chi connectivity index (χ0v) is 6.53. The van der Waals surface area contributed by atoms with Crippen molar-refractivity contribution < 1.29 is 5.11 Å². The van der Waals surface area contributed by atoms with Crippen LogP contribution in [0.1, 0.15) is 0 Å². The molecule has 12 heavy (non-hydrogen) atoms. The number of aromatic hydroxyl groups is 1. The molecule has 0 unspecified atom stereocenters. The summed E-state index contributed by atoms with van der Waals surface area (Å²) in [5.41, 5.74) is 0.407. The van der Waals surface area contributed by atoms with Crippen LogP contribution in [0.15, 0.2) is 23.4 Å². The molecule has 0 saturated carbocycles. The van der Waals surface area contributed by atoms with Crippen molar-refractivity contribution >= 4 is 10.9 Å². The van der Waals surface area contributed by atoms with Gasteiger partial charge in [0.1, 0.15) is 0 Å². The Balaban J connectivity index is 2.99. The molecule has 2 aromatic heterocycles. The van der Waals surface area contributed by atoms with Gasteiger partial charge in [0.15, 0.2) is 5.75 Å². The highest BCUT2D eigenvalue weighted by Crippen LogP contribution is 2.10. The zero-order valence-electron chi connectivity index (χ0n) is 6.53. The molecule has 2 aromatic rings. The molecule has 0 aliphatic rings. The molecule has 4 heteroatoms. The van der Waals surface area contributed by atoms with Crippen molar-refractivity contribution in [1.29, 1.82) is 0 Å². The van der Waals surface area contributed by atoms with Gasteiger partial charge < -0.3 is 14.7 Å². The minimum Gasteiger partial charge on any atom is -0.503 e. The molecule has 4 nitrogen and oxygen atoms in total. The lowest BCUT2D eigenvalue weighted by atomic mass is 10.3. The first-order chi connectivity index (χ1) is 5.68. The molecule has 0 radical (unpaired) electrons. The van der Waals surface area contributed by atoms with Crippen molar-refractivity contribution in [2.75, 3.05) is 0 Å². The molecule has 0 aliphatic carbocycles. The molecule has 0 amide bonds. The average molecular weight is 164 g/mol. The van der Waals surface area contributed by atoms with Crippen LogP contribution in [0.4, 0.5) is 0 Å². The molecule has 2 rings (SSSR count). The number of hydrogen-bond acceptors (Lipinski definition) is 2. The third-order valence-corrected chi connectivity index (χ3v) is 1.80. The molecule has 0 saturated heterocycles. The van der Waals surface area contributed by atoms with Crippen LogP contribution in [0.5, 0.6) is 5.75 Å². The molecular formula is C8H8N2O2. The molecule has 0 aliphatic heterocycles. The van der Waals surface area contributed by atoms with E-state index in [0.29, 0.717) is 5.39 Å². The molecule has 0 aromatic carbocycles. The second kappa shape index (κ2) is 2.14. The molecule has 62 valence electrons. The van der Waals surface area contributed by atoms with Gasteiger partial charge >= 0.3 is 0 Å². The van der Waals surface area contributed by atoms with E-state index in [1.807, 2.05) is 7.05 Å². The van der Waals surface area contributed by atoms with Gasteiger partial charge in [-0.25, -0.2) is 0 Å². The number of rotatable bonds is 0. The van der Waals surface area contributed by atoms with Gasteiger partial charge in [0.05, 0.1) is 10.9 Å². The highest BCUT2D eigenvalue weighted by Gasteiger charge is 2.03. The van der Waals surface area contributed by atoms with Gasteiger partial charge in [0, 0.05) is 25.6 Å². The van der Waals surface area contributed by atoms with Gasteiger partial charge in [0.2, 0.25) is 5.43 Å². The van der Waals surface area contributed by atoms with Crippen molar-refractivity contribution in [3.8, 4) is 5.75 Å². The van der Waals surface area contributed by atoms with E-state index >= 15 is 0 Å². The maximum atomic E-state index is 11.3. The molecule has 0 spiro atoms. The second-order valence-electron chi connectivity index (χ2n) is 2.75. The first-order valence-electron chi connectivity index (χ1n) is 3.55. The fraction of sp³-hybridized carbons (Fsp3) is 0.125. The fourth-order valence-corrected chi connectivity index (χ4v) is 1.23. The van der Waals surface area contributed by atoms with Gasteiger partial charge in [-0.05, 0) is 0 Å². The summed E-state index contributed by atoms with van der Waals surface area (Å²) < 4.78 is 1.77. The number of aromatic amines is 1. The summed E-state index contributed by atoms with van der Waals surface area (Å²) in [6.45, 7) is 0. The van der Waals surface area contributed by atoms with Crippen LogP contribution in [0.3, 0.4) is 0 Å². The number of nitrogens with zero attached hydrogens (tertiary/aromatic N) is 1. The predicted molar refractivity (Wildman–Crippen MR) is 45.2 cm³/mol. The van der Waals surface area contributed by atoms with E-state index in [1.165, 1.54) is 6.20 Å². The third-order valence-electron chi connectivity index (χ3n) is 1.80. The Morgan fingerprint density at radius 3 is 3.00 bits per heavy atom. The normalized spacial score (nSPS) is 10.8. The summed E-state index contributed by atoms with van der Waals surface area (Å²) in [6.07, 6.45) is 4.76. The topological polar surface area (TPSA) is 58.0 Å². The fourth-order valence-electron chi connectivity index (χ4n) is 1.23. The van der Waals surface area contributed by atoms with Crippen molar-refractivity contribution in [2.24, 2.45) is 7.05 Å². The minimum atomic E-state index is -0.329. The summed E-state index contributed by atoms with van der Waals surface area (Å²) >= 11 is 0. The first kappa shape index (κ1) is 6.97. The number of H-pyrrole nitrogens is 1. The van der Waals surface area contributed by atoms with Crippen LogP contribution in [-0.4, -0.2) is 14.7 Å². The van der Waals surface area contributed by atoms with Gasteiger partial charge in [-0.15, -0.1) is 0 Å². The van der Waals surface area contributed by atoms with E-state index in [-0.39, 0.29) is 11.2 Å². The average Bonchev–Trinajstić information content (AvgIpc) is 2.39. The number of pyridine rings is 1. The Hall–Kier alpha value is -1.71. The molecule has 2 heterocycles. The summed E-state index contributed by atoms with van der Waals surface area (Å²) in [7, 11) is 1.82. The van der Waals surface area contributed by atoms with Gasteiger partial charge in [0.25, 0.3) is 0 Å². The molecule has 0 atom stereocenters. The van der Waals surface area contributed by atoms with Crippen LogP contribution < -0.4 is 5.43 Å². The van der Waals surface area contributed by atoms with Crippen LogP contribution in [0.25, 0.3) is 10.9 Å². The largest absolute Gasteiger partial charge is 0.503 e. The van der Waals surface area contributed by atoms with Crippen LogP contribution >= 0.6 is 0 Å². The van der Waals surface area contributed by atoms with Crippen LogP contribution in [0, 0.1) is 0 Å². The lowest BCUT2D eigenvalue weighted by Gasteiger charge is -1.89. The molecule has 0 bridgehead atoms. The van der Waals surface area contributed by atoms with E-state index in [0.717, 1.165) is 5.52 Å². The molecular weight excluding hydrogens is 156 g/mol. The van der Waals surface area contributed by atoms with Gasteiger partial charge in [-0.1, -0.05) is 0 Å². The maximum Gasteiger partial charge on any atom is 0.232 e. The Morgan fingerprint density at radius 2 is 2.25 bits per heavy atom. The summed E-state index contributed by atoms with van der Waals surface area (Å²) in [5.74, 6) is -0.242. The van der Waals surface area contributed by atoms with Crippen LogP contribution in [-0.2, 0) is 7.05 Å². The Kier molecular flexibility index (Phi) is 1.24. The first-order valence-corrected chi connectivity index (χ1v) is 3.55. The van der Waals surface area contributed by atoms with E-state index in [1.54, 1.807) is 17.0 Å². The van der Waals surface area contributed by atoms with Crippen molar-refractivity contribution in [1.82, 2.24) is 9.55 Å². The lowest BCUT2D eigenvalue weighted by Crippen LogP contribution is -1.99. The predicted octanol–water partition coefficient (Wildman–Crippen LogP) is 0.572. The van der Waals surface area contributed by atoms with Crippen molar-refractivity contribution in [3.63, 3.8) is 0 Å². The summed E-state index contributed by atoms with van der Waals surface area (Å²) in [4.78, 5) is 14.1. The monoisotopic (exact) mass is 164 g/mol. The number of aryl methyl sites for hydroxylation is 1. The lowest BCUT2D eigenvalue weighted by molar-refractivity contribution is 0.469. The van der Waals surface area contributed by atoms with E-state index in [2.05, 4.69) is 4.98 Å². The molecule has 2 N–H and O–H groups in total. The van der Waals surface area contributed by atoms with Crippen molar-refractivity contribution in [2.45, 2.75) is 0 Å². The third kappa shape index (κ3) is 0.812. The summed E-state index contributed by atoms with van der Waals surface area (Å²) in [5, 5.41) is 9.59. The Labute approximate surface area is 68.1 Å². The molecule has 0 fully saturated rings. The Morgan fingerprint density at radius 1 is 1.50 bits per heavy atom. The highest BCUT2D eigenvalue weighted by atomic mass is 16.3. The second-order valence-corrected chi connectivity index (χ2v) is 2.75. The SMILES string of the molecule is Cn1cc2[nH]cc(O)c(=O)c2c1. The van der Waals surface area contributed by atoms with Gasteiger partial charge in [-0.2, -0.15) is 0 Å². The van der Waals surface area contributed by atoms with E-state index in [9.17, 15) is 4.79 Å². The Bertz CT molecular complexity index is 481. The van der Waals surface area contributed by atoms with Gasteiger partial charge in [-0.3, -0.25) is 4.79 Å². The number of fused-ring (bicyclic) bond motifs is 1. The van der Waals surface area contributed by atoms with Crippen molar-refractivity contribution in [3.05, 3.63) is 28.8 Å². The standard InChI is InChI=1S/C8H8N2O2/c1-10-3-5-6(4-10)9-2-7(11)8(5)12/h2-4,9,11H,1H3. The zero-order chi connectivity index (χ0) is 8.72. The summed E-state index contributed by atoms with van der Waals surface area (Å²) in [6, 6.07) is 0. The number of hydrogen-bond donors (Lipinski definition) is 2. The van der Waals surface area contributed by atoms with E-state index < -0.39 is 0 Å². The number of aromatic nitrogens is 2. The van der Waals surface area contributed by atoms with E-state index in [4.69, 9.17) is 5.11 Å². The smallest absolute Gasteiger partial charge is 0.232 e. The number of nitrogens with one attached hydrogen (secondary N) is 1. The maximum absolute atomic E-state index is 11.3. The highest BCUT2D eigenvalue weighted by molar-refractivity contribution is 5.78. The minimum absolute atomic E-state index is 0.242. The van der Waals surface area contributed by atoms with Crippen LogP contribution in [0.2, 0.25) is 0 Å².